The van der Waals surface area contributed by atoms with E-state index < -0.39 is 0 Å². The first kappa shape index (κ1) is 24.6. The van der Waals surface area contributed by atoms with Crippen LogP contribution in [0.1, 0.15) is 29.4 Å². The summed E-state index contributed by atoms with van der Waals surface area (Å²) in [7, 11) is 1.67. The highest BCUT2D eigenvalue weighted by Gasteiger charge is 2.27. The molecule has 1 N–H and O–H groups in total. The van der Waals surface area contributed by atoms with Crippen LogP contribution in [0.25, 0.3) is 5.69 Å². The number of carbonyl (C=O) groups excluding carboxylic acids is 1. The van der Waals surface area contributed by atoms with E-state index in [-0.39, 0.29) is 6.03 Å². The molecule has 0 aliphatic carbocycles. The number of ether oxygens (including phenoxy) is 1. The third-order valence-electron chi connectivity index (χ3n) is 6.82. The maximum absolute atomic E-state index is 13.1. The SMILES string of the molecule is CCN(Cc1nn(-c2ccc(OC)cc2)c2c1CN(Cc1ccccc1)CC2)C(=O)Nc1ccccc1. The van der Waals surface area contributed by atoms with Crippen molar-refractivity contribution in [2.75, 3.05) is 25.5 Å². The van der Waals surface area contributed by atoms with Gasteiger partial charge in [-0.05, 0) is 48.9 Å². The molecule has 1 aliphatic heterocycles. The predicted molar refractivity (Wildman–Crippen MR) is 146 cm³/mol. The van der Waals surface area contributed by atoms with Crippen molar-refractivity contribution >= 4 is 11.7 Å². The Bertz CT molecular complexity index is 1320. The van der Waals surface area contributed by atoms with Gasteiger partial charge in [-0.3, -0.25) is 4.90 Å². The number of aromatic nitrogens is 2. The average Bonchev–Trinajstić information content (AvgIpc) is 3.30. The molecule has 1 aliphatic rings. The van der Waals surface area contributed by atoms with Crippen molar-refractivity contribution in [3.8, 4) is 11.4 Å². The Hall–Kier alpha value is -4.10. The zero-order valence-electron chi connectivity index (χ0n) is 21.4. The molecule has 0 atom stereocenters. The van der Waals surface area contributed by atoms with Crippen molar-refractivity contribution in [2.45, 2.75) is 33.0 Å². The zero-order chi connectivity index (χ0) is 25.6. The smallest absolute Gasteiger partial charge is 0.322 e. The van der Waals surface area contributed by atoms with Crippen LogP contribution in [0.2, 0.25) is 0 Å². The normalized spacial score (nSPS) is 13.1. The van der Waals surface area contributed by atoms with Crippen LogP contribution in [0.15, 0.2) is 84.9 Å². The number of methoxy groups -OCH3 is 1. The molecule has 0 radical (unpaired) electrons. The third kappa shape index (κ3) is 5.67. The highest BCUT2D eigenvalue weighted by atomic mass is 16.5. The summed E-state index contributed by atoms with van der Waals surface area (Å²) in [5, 5.41) is 8.08. The number of hydrogen-bond donors (Lipinski definition) is 1. The fraction of sp³-hybridized carbons (Fsp3) is 0.267. The number of amides is 2. The molecule has 5 rings (SSSR count). The summed E-state index contributed by atoms with van der Waals surface area (Å²) in [5.74, 6) is 0.814. The van der Waals surface area contributed by atoms with E-state index in [9.17, 15) is 4.79 Å². The molecule has 0 saturated carbocycles. The predicted octanol–water partition coefficient (Wildman–Crippen LogP) is 5.49. The van der Waals surface area contributed by atoms with Crippen LogP contribution in [0.3, 0.4) is 0 Å². The summed E-state index contributed by atoms with van der Waals surface area (Å²) in [5.41, 5.74) is 6.44. The van der Waals surface area contributed by atoms with Crippen LogP contribution in [0.5, 0.6) is 5.75 Å². The molecular weight excluding hydrogens is 462 g/mol. The molecule has 3 aromatic carbocycles. The molecular formula is C30H33N5O2. The molecule has 7 heteroatoms. The van der Waals surface area contributed by atoms with E-state index in [1.54, 1.807) is 7.11 Å². The molecule has 0 bridgehead atoms. The van der Waals surface area contributed by atoms with Gasteiger partial charge in [-0.15, -0.1) is 0 Å². The Morgan fingerprint density at radius 3 is 2.38 bits per heavy atom. The molecule has 1 aromatic heterocycles. The summed E-state index contributed by atoms with van der Waals surface area (Å²) in [6.07, 6.45) is 0.892. The number of nitrogens with zero attached hydrogens (tertiary/aromatic N) is 4. The number of anilines is 1. The minimum Gasteiger partial charge on any atom is -0.497 e. The quantitative estimate of drug-likeness (QED) is 0.351. The Morgan fingerprint density at radius 2 is 1.70 bits per heavy atom. The molecule has 0 spiro atoms. The topological polar surface area (TPSA) is 62.6 Å². The number of nitrogens with one attached hydrogen (secondary N) is 1. The Kier molecular flexibility index (Phi) is 7.51. The van der Waals surface area contributed by atoms with Crippen LogP contribution in [-0.4, -0.2) is 45.8 Å². The maximum atomic E-state index is 13.1. The lowest BCUT2D eigenvalue weighted by atomic mass is 10.0. The van der Waals surface area contributed by atoms with Gasteiger partial charge in [0.1, 0.15) is 5.75 Å². The number of carbonyl (C=O) groups is 1. The molecule has 190 valence electrons. The monoisotopic (exact) mass is 495 g/mol. The molecule has 0 saturated heterocycles. The second-order valence-corrected chi connectivity index (χ2v) is 9.24. The number of para-hydroxylation sites is 1. The number of fused-ring (bicyclic) bond motifs is 1. The van der Waals surface area contributed by atoms with E-state index >= 15 is 0 Å². The molecule has 0 unspecified atom stereocenters. The van der Waals surface area contributed by atoms with Crippen molar-refractivity contribution in [3.63, 3.8) is 0 Å². The van der Waals surface area contributed by atoms with Crippen LogP contribution in [-0.2, 0) is 26.1 Å². The first-order chi connectivity index (χ1) is 18.1. The van der Waals surface area contributed by atoms with Gasteiger partial charge in [-0.2, -0.15) is 5.10 Å². The highest BCUT2D eigenvalue weighted by molar-refractivity contribution is 5.89. The second kappa shape index (κ2) is 11.3. The molecule has 4 aromatic rings. The second-order valence-electron chi connectivity index (χ2n) is 9.24. The zero-order valence-corrected chi connectivity index (χ0v) is 21.4. The molecule has 2 heterocycles. The fourth-order valence-corrected chi connectivity index (χ4v) is 4.81. The first-order valence-corrected chi connectivity index (χ1v) is 12.8. The van der Waals surface area contributed by atoms with Crippen LogP contribution in [0.4, 0.5) is 10.5 Å². The summed E-state index contributed by atoms with van der Waals surface area (Å²) < 4.78 is 7.40. The largest absolute Gasteiger partial charge is 0.497 e. The van der Waals surface area contributed by atoms with Gasteiger partial charge in [0, 0.05) is 43.9 Å². The summed E-state index contributed by atoms with van der Waals surface area (Å²) in [6.45, 7) is 5.66. The average molecular weight is 496 g/mol. The standard InChI is InChI=1S/C30H33N5O2/c1-3-34(30(36)31-24-12-8-5-9-13-24)22-28-27-21-33(20-23-10-6-4-7-11-23)19-18-29(27)35(32-28)25-14-16-26(37-2)17-15-25/h4-17H,3,18-22H2,1-2H3,(H,31,36). The van der Waals surface area contributed by atoms with E-state index in [1.807, 2.05) is 71.1 Å². The summed E-state index contributed by atoms with van der Waals surface area (Å²) in [6, 6.07) is 28.0. The fourth-order valence-electron chi connectivity index (χ4n) is 4.81. The van der Waals surface area contributed by atoms with E-state index in [0.717, 1.165) is 48.9 Å². The molecule has 2 amide bonds. The van der Waals surface area contributed by atoms with Crippen molar-refractivity contribution in [2.24, 2.45) is 0 Å². The summed E-state index contributed by atoms with van der Waals surface area (Å²) in [4.78, 5) is 17.4. The van der Waals surface area contributed by atoms with Crippen LogP contribution >= 0.6 is 0 Å². The van der Waals surface area contributed by atoms with Gasteiger partial charge in [0.25, 0.3) is 0 Å². The van der Waals surface area contributed by atoms with Crippen molar-refractivity contribution in [3.05, 3.63) is 107 Å². The highest BCUT2D eigenvalue weighted by Crippen LogP contribution is 2.28. The molecule has 7 nitrogen and oxygen atoms in total. The number of rotatable bonds is 8. The lowest BCUT2D eigenvalue weighted by molar-refractivity contribution is 0.210. The van der Waals surface area contributed by atoms with Gasteiger partial charge in [0.2, 0.25) is 0 Å². The van der Waals surface area contributed by atoms with Gasteiger partial charge < -0.3 is 15.0 Å². The van der Waals surface area contributed by atoms with Crippen molar-refractivity contribution in [1.82, 2.24) is 19.6 Å². The van der Waals surface area contributed by atoms with Crippen molar-refractivity contribution < 1.29 is 9.53 Å². The maximum Gasteiger partial charge on any atom is 0.322 e. The Balaban J connectivity index is 1.43. The lowest BCUT2D eigenvalue weighted by Crippen LogP contribution is -2.35. The first-order valence-electron chi connectivity index (χ1n) is 12.8. The number of benzene rings is 3. The summed E-state index contributed by atoms with van der Waals surface area (Å²) >= 11 is 0. The number of hydrogen-bond acceptors (Lipinski definition) is 4. The van der Waals surface area contributed by atoms with Gasteiger partial charge in [-0.1, -0.05) is 48.5 Å². The minimum absolute atomic E-state index is 0.126. The van der Waals surface area contributed by atoms with Crippen LogP contribution < -0.4 is 10.1 Å². The van der Waals surface area contributed by atoms with E-state index in [2.05, 4.69) is 40.5 Å². The van der Waals surface area contributed by atoms with Gasteiger partial charge in [0.05, 0.1) is 30.7 Å². The molecule has 37 heavy (non-hydrogen) atoms. The van der Waals surface area contributed by atoms with Crippen LogP contribution in [0, 0.1) is 0 Å². The molecule has 0 fully saturated rings. The Labute approximate surface area is 218 Å². The van der Waals surface area contributed by atoms with Gasteiger partial charge >= 0.3 is 6.03 Å². The van der Waals surface area contributed by atoms with Gasteiger partial charge in [-0.25, -0.2) is 9.48 Å². The van der Waals surface area contributed by atoms with Gasteiger partial charge in [0.15, 0.2) is 0 Å². The van der Waals surface area contributed by atoms with E-state index in [0.29, 0.717) is 13.1 Å². The van der Waals surface area contributed by atoms with E-state index in [1.165, 1.54) is 16.8 Å². The number of urea groups is 1. The van der Waals surface area contributed by atoms with E-state index in [4.69, 9.17) is 9.84 Å². The minimum atomic E-state index is -0.126. The van der Waals surface area contributed by atoms with Crippen molar-refractivity contribution in [1.29, 1.82) is 0 Å². The lowest BCUT2D eigenvalue weighted by Gasteiger charge is -2.28. The Morgan fingerprint density at radius 1 is 1.00 bits per heavy atom. The third-order valence-corrected chi connectivity index (χ3v) is 6.82.